The summed E-state index contributed by atoms with van der Waals surface area (Å²) in [5.74, 6) is 0.713. The van der Waals surface area contributed by atoms with E-state index in [2.05, 4.69) is 19.1 Å². The van der Waals surface area contributed by atoms with E-state index in [1.165, 1.54) is 18.2 Å². The number of hydrogen-bond donors (Lipinski definition) is 3. The van der Waals surface area contributed by atoms with Crippen LogP contribution in [0.15, 0.2) is 36.4 Å². The summed E-state index contributed by atoms with van der Waals surface area (Å²) in [6, 6.07) is 12.0. The highest BCUT2D eigenvalue weighted by atomic mass is 16.5. The number of benzene rings is 2. The highest BCUT2D eigenvalue weighted by Gasteiger charge is 2.23. The average Bonchev–Trinajstić information content (AvgIpc) is 2.81. The molecular weight excluding hydrogens is 416 g/mol. The molecule has 0 aromatic heterocycles. The second-order valence-electron chi connectivity index (χ2n) is 9.60. The molecule has 0 amide bonds. The molecule has 2 unspecified atom stereocenters. The molecule has 0 fully saturated rings. The van der Waals surface area contributed by atoms with E-state index >= 15 is 0 Å². The van der Waals surface area contributed by atoms with Crippen molar-refractivity contribution >= 4 is 5.97 Å². The lowest BCUT2D eigenvalue weighted by atomic mass is 9.88. The lowest BCUT2D eigenvalue weighted by Gasteiger charge is -2.26. The Kier molecular flexibility index (Phi) is 9.89. The smallest absolute Gasteiger partial charge is 0.338 e. The largest absolute Gasteiger partial charge is 0.491 e. The Labute approximate surface area is 198 Å². The number of carbonyl (C=O) groups excluding carboxylic acids is 1. The highest BCUT2D eigenvalue weighted by molar-refractivity contribution is 5.91. The number of methoxy groups -OCH3 is 1. The average molecular weight is 457 g/mol. The van der Waals surface area contributed by atoms with Gasteiger partial charge >= 0.3 is 5.97 Å². The van der Waals surface area contributed by atoms with Gasteiger partial charge in [-0.05, 0) is 59.4 Å². The topological polar surface area (TPSA) is 108 Å². The van der Waals surface area contributed by atoms with Gasteiger partial charge in [-0.25, -0.2) is 4.79 Å². The predicted octanol–water partition coefficient (Wildman–Crippen LogP) is 4.30. The van der Waals surface area contributed by atoms with E-state index < -0.39 is 6.10 Å². The van der Waals surface area contributed by atoms with E-state index in [0.29, 0.717) is 24.6 Å². The lowest BCUT2D eigenvalue weighted by molar-refractivity contribution is 0.0215. The van der Waals surface area contributed by atoms with Crippen LogP contribution in [0.4, 0.5) is 0 Å². The Morgan fingerprint density at radius 1 is 1.06 bits per heavy atom. The molecular formula is C27H40N2O4. The zero-order chi connectivity index (χ0) is 24.6. The summed E-state index contributed by atoms with van der Waals surface area (Å²) < 4.78 is 10.7. The van der Waals surface area contributed by atoms with Gasteiger partial charge in [0, 0.05) is 18.7 Å². The van der Waals surface area contributed by atoms with Crippen molar-refractivity contribution in [3.63, 3.8) is 0 Å². The van der Waals surface area contributed by atoms with Gasteiger partial charge in [-0.1, -0.05) is 52.0 Å². The van der Waals surface area contributed by atoms with Gasteiger partial charge in [0.15, 0.2) is 0 Å². The molecule has 0 bridgehead atoms. The molecule has 182 valence electrons. The first-order valence-corrected chi connectivity index (χ1v) is 11.7. The number of aliphatic hydroxyl groups excluding tert-OH is 1. The number of aliphatic hydroxyl groups is 1. The maximum Gasteiger partial charge on any atom is 0.338 e. The second kappa shape index (κ2) is 12.2. The van der Waals surface area contributed by atoms with Gasteiger partial charge in [-0.3, -0.25) is 0 Å². The van der Waals surface area contributed by atoms with Crippen molar-refractivity contribution in [1.29, 1.82) is 0 Å². The van der Waals surface area contributed by atoms with Crippen LogP contribution < -0.4 is 16.2 Å². The fraction of sp³-hybridized carbons (Fsp3) is 0.519. The molecule has 6 nitrogen and oxygen atoms in total. The molecule has 0 saturated heterocycles. The lowest BCUT2D eigenvalue weighted by Crippen LogP contribution is -2.32. The summed E-state index contributed by atoms with van der Waals surface area (Å²) in [4.78, 5) is 12.0. The predicted molar refractivity (Wildman–Crippen MR) is 132 cm³/mol. The van der Waals surface area contributed by atoms with Crippen LogP contribution in [0.2, 0.25) is 0 Å². The fourth-order valence-corrected chi connectivity index (χ4v) is 3.80. The van der Waals surface area contributed by atoms with Crippen molar-refractivity contribution in [2.45, 2.75) is 72.1 Å². The van der Waals surface area contributed by atoms with Crippen molar-refractivity contribution in [1.82, 2.24) is 0 Å². The van der Waals surface area contributed by atoms with E-state index in [-0.39, 0.29) is 18.0 Å². The molecule has 2 atom stereocenters. The van der Waals surface area contributed by atoms with E-state index in [9.17, 15) is 9.90 Å². The summed E-state index contributed by atoms with van der Waals surface area (Å²) in [5, 5.41) is 10.3. The SMILES string of the molecule is CCC(CCc1ccc(OCC(O)C(C)(C)C)c(CN)c1)c1ccc(C(=O)OC)c(CN)c1. The Hall–Kier alpha value is -2.41. The van der Waals surface area contributed by atoms with E-state index in [0.717, 1.165) is 36.1 Å². The zero-order valence-corrected chi connectivity index (χ0v) is 20.7. The van der Waals surface area contributed by atoms with E-state index in [1.54, 1.807) is 0 Å². The maximum absolute atomic E-state index is 12.0. The van der Waals surface area contributed by atoms with Crippen LogP contribution >= 0.6 is 0 Å². The minimum atomic E-state index is -0.558. The van der Waals surface area contributed by atoms with Gasteiger partial charge in [-0.2, -0.15) is 0 Å². The molecule has 0 aliphatic rings. The molecule has 0 radical (unpaired) electrons. The van der Waals surface area contributed by atoms with Crippen molar-refractivity contribution in [3.05, 3.63) is 64.2 Å². The van der Waals surface area contributed by atoms with Gasteiger partial charge in [0.25, 0.3) is 0 Å². The molecule has 0 aliphatic carbocycles. The molecule has 33 heavy (non-hydrogen) atoms. The Balaban J connectivity index is 2.10. The molecule has 6 heteroatoms. The number of esters is 1. The standard InChI is InChI=1S/C27H40N2O4/c1-6-19(20-10-11-23(26(31)32-5)21(14-20)15-28)9-7-18-8-12-24(22(13-18)16-29)33-17-25(30)27(2,3)4/h8,10-14,19,25,30H,6-7,9,15-17,28-29H2,1-5H3. The van der Waals surface area contributed by atoms with Crippen LogP contribution in [0.5, 0.6) is 5.75 Å². The van der Waals surface area contributed by atoms with Crippen LogP contribution in [0.3, 0.4) is 0 Å². The normalized spacial score (nSPS) is 13.5. The number of nitrogens with two attached hydrogens (primary N) is 2. The summed E-state index contributed by atoms with van der Waals surface area (Å²) in [6.45, 7) is 9.02. The quantitative estimate of drug-likeness (QED) is 0.435. The maximum atomic E-state index is 12.0. The summed E-state index contributed by atoms with van der Waals surface area (Å²) in [5.41, 5.74) is 16.3. The minimum absolute atomic E-state index is 0.235. The molecule has 0 heterocycles. The molecule has 5 N–H and O–H groups in total. The van der Waals surface area contributed by atoms with Gasteiger partial charge in [0.05, 0.1) is 18.8 Å². The molecule has 2 aromatic rings. The Bertz CT molecular complexity index is 921. The van der Waals surface area contributed by atoms with Crippen molar-refractivity contribution in [2.24, 2.45) is 16.9 Å². The first-order chi connectivity index (χ1) is 15.6. The molecule has 2 aromatic carbocycles. The van der Waals surface area contributed by atoms with Crippen molar-refractivity contribution in [2.75, 3.05) is 13.7 Å². The van der Waals surface area contributed by atoms with Gasteiger partial charge < -0.3 is 26.0 Å². The highest BCUT2D eigenvalue weighted by Crippen LogP contribution is 2.29. The van der Waals surface area contributed by atoms with Gasteiger partial charge in [0.1, 0.15) is 12.4 Å². The number of ether oxygens (including phenoxy) is 2. The zero-order valence-electron chi connectivity index (χ0n) is 20.7. The second-order valence-corrected chi connectivity index (χ2v) is 9.60. The fourth-order valence-electron chi connectivity index (χ4n) is 3.80. The Morgan fingerprint density at radius 2 is 1.76 bits per heavy atom. The number of aryl methyl sites for hydroxylation is 1. The number of hydrogen-bond acceptors (Lipinski definition) is 6. The van der Waals surface area contributed by atoms with Crippen LogP contribution in [-0.2, 0) is 24.2 Å². The molecule has 0 spiro atoms. The molecule has 0 saturated carbocycles. The van der Waals surface area contributed by atoms with Gasteiger partial charge in [0.2, 0.25) is 0 Å². The summed E-state index contributed by atoms with van der Waals surface area (Å²) >= 11 is 0. The first-order valence-electron chi connectivity index (χ1n) is 11.7. The van der Waals surface area contributed by atoms with E-state index in [4.69, 9.17) is 20.9 Å². The first kappa shape index (κ1) is 26.8. The minimum Gasteiger partial charge on any atom is -0.491 e. The monoisotopic (exact) mass is 456 g/mol. The third-order valence-electron chi connectivity index (χ3n) is 6.24. The summed E-state index contributed by atoms with van der Waals surface area (Å²) in [6.07, 6.45) is 2.28. The van der Waals surface area contributed by atoms with Crippen molar-refractivity contribution < 1.29 is 19.4 Å². The van der Waals surface area contributed by atoms with Gasteiger partial charge in [-0.15, -0.1) is 0 Å². The molecule has 2 rings (SSSR count). The van der Waals surface area contributed by atoms with E-state index in [1.807, 2.05) is 45.0 Å². The number of rotatable bonds is 11. The number of carbonyl (C=O) groups is 1. The van der Waals surface area contributed by atoms with Crippen LogP contribution in [0.25, 0.3) is 0 Å². The van der Waals surface area contributed by atoms with Crippen LogP contribution in [0.1, 0.15) is 79.1 Å². The third-order valence-corrected chi connectivity index (χ3v) is 6.24. The third kappa shape index (κ3) is 7.29. The molecule has 0 aliphatic heterocycles. The van der Waals surface area contributed by atoms with Crippen LogP contribution in [-0.4, -0.2) is 30.9 Å². The Morgan fingerprint density at radius 3 is 2.33 bits per heavy atom. The van der Waals surface area contributed by atoms with Crippen molar-refractivity contribution in [3.8, 4) is 5.75 Å². The van der Waals surface area contributed by atoms with Crippen LogP contribution in [0, 0.1) is 5.41 Å². The summed E-state index contributed by atoms with van der Waals surface area (Å²) in [7, 11) is 1.38.